The topological polar surface area (TPSA) is 111 Å². The van der Waals surface area contributed by atoms with Crippen LogP contribution >= 0.6 is 0 Å². The number of ether oxygens (including phenoxy) is 2. The van der Waals surface area contributed by atoms with Gasteiger partial charge in [-0.15, -0.1) is 0 Å². The zero-order valence-electron chi connectivity index (χ0n) is 14.2. The van der Waals surface area contributed by atoms with Crippen LogP contribution in [0.25, 0.3) is 0 Å². The van der Waals surface area contributed by atoms with Gasteiger partial charge in [-0.2, -0.15) is 0 Å². The van der Waals surface area contributed by atoms with Crippen LogP contribution in [-0.2, 0) is 19.7 Å². The molecule has 0 bridgehead atoms. The van der Waals surface area contributed by atoms with Gasteiger partial charge in [0.15, 0.2) is 6.10 Å². The normalized spacial score (nSPS) is 13.2. The van der Waals surface area contributed by atoms with Gasteiger partial charge >= 0.3 is 12.1 Å². The molecule has 8 nitrogen and oxygen atoms in total. The summed E-state index contributed by atoms with van der Waals surface area (Å²) in [5, 5.41) is 12.4. The fourth-order valence-electron chi connectivity index (χ4n) is 1.68. The molecule has 0 aromatic carbocycles. The minimum absolute atomic E-state index is 0.0614. The fourth-order valence-corrected chi connectivity index (χ4v) is 1.68. The van der Waals surface area contributed by atoms with Crippen LogP contribution in [0.3, 0.4) is 0 Å². The average Bonchev–Trinajstić information content (AvgIpc) is 2.44. The van der Waals surface area contributed by atoms with Crippen LogP contribution in [0.5, 0.6) is 0 Å². The van der Waals surface area contributed by atoms with E-state index in [0.29, 0.717) is 5.56 Å². The number of rotatable bonds is 4. The highest BCUT2D eigenvalue weighted by Gasteiger charge is 2.36. The molecule has 0 aliphatic heterocycles. The number of esters is 1. The van der Waals surface area contributed by atoms with Crippen LogP contribution in [0.15, 0.2) is 12.4 Å². The summed E-state index contributed by atoms with van der Waals surface area (Å²) in [5.41, 5.74) is -1.06. The number of anilines is 1. The molecule has 0 saturated carbocycles. The van der Waals surface area contributed by atoms with Crippen LogP contribution in [0.1, 0.15) is 40.2 Å². The van der Waals surface area contributed by atoms with Crippen LogP contribution in [-0.4, -0.2) is 46.0 Å². The standard InChI is InChI=1S/C15H23N3O5/c1-14(2,3)23-13(21)18-12-16-7-9(8-17-12)15(4,5)10(19)11(20)22-6/h7-8,10,19H,1-6H3,(H,16,17,18,21). The van der Waals surface area contributed by atoms with E-state index in [2.05, 4.69) is 20.0 Å². The second-order valence-corrected chi connectivity index (χ2v) is 6.57. The van der Waals surface area contributed by atoms with Crippen molar-refractivity contribution < 1.29 is 24.2 Å². The number of nitrogens with zero attached hydrogens (tertiary/aromatic N) is 2. The van der Waals surface area contributed by atoms with E-state index in [0.717, 1.165) is 0 Å². The predicted molar refractivity (Wildman–Crippen MR) is 82.9 cm³/mol. The van der Waals surface area contributed by atoms with Gasteiger partial charge < -0.3 is 14.6 Å². The Labute approximate surface area is 135 Å². The third kappa shape index (κ3) is 5.17. The van der Waals surface area contributed by atoms with Crippen molar-refractivity contribution in [2.24, 2.45) is 0 Å². The van der Waals surface area contributed by atoms with E-state index in [1.807, 2.05) is 0 Å². The predicted octanol–water partition coefficient (Wildman–Crippen LogP) is 1.64. The Hall–Kier alpha value is -2.22. The summed E-state index contributed by atoms with van der Waals surface area (Å²) in [6.45, 7) is 8.55. The highest BCUT2D eigenvalue weighted by Crippen LogP contribution is 2.27. The lowest BCUT2D eigenvalue weighted by molar-refractivity contribution is -0.153. The number of aliphatic hydroxyl groups excluding tert-OH is 1. The van der Waals surface area contributed by atoms with Crippen molar-refractivity contribution >= 4 is 18.0 Å². The second kappa shape index (κ2) is 6.91. The fraction of sp³-hybridized carbons (Fsp3) is 0.600. The number of hydrogen-bond acceptors (Lipinski definition) is 7. The lowest BCUT2D eigenvalue weighted by Gasteiger charge is -2.28. The van der Waals surface area contributed by atoms with Crippen LogP contribution in [0, 0.1) is 0 Å². The molecule has 23 heavy (non-hydrogen) atoms. The smallest absolute Gasteiger partial charge is 0.414 e. The van der Waals surface area contributed by atoms with Crippen molar-refractivity contribution in [3.8, 4) is 0 Å². The first kappa shape index (κ1) is 18.8. The molecule has 1 heterocycles. The van der Waals surface area contributed by atoms with Crippen molar-refractivity contribution in [1.82, 2.24) is 9.97 Å². The lowest BCUT2D eigenvalue weighted by Crippen LogP contribution is -2.40. The zero-order chi connectivity index (χ0) is 17.8. The molecule has 0 aliphatic carbocycles. The van der Waals surface area contributed by atoms with Gasteiger partial charge in [0.1, 0.15) is 5.60 Å². The lowest BCUT2D eigenvalue weighted by atomic mass is 9.81. The van der Waals surface area contributed by atoms with E-state index in [1.54, 1.807) is 34.6 Å². The molecule has 0 aliphatic rings. The van der Waals surface area contributed by atoms with E-state index in [-0.39, 0.29) is 5.95 Å². The molecule has 1 unspecified atom stereocenters. The summed E-state index contributed by atoms with van der Waals surface area (Å²) in [4.78, 5) is 31.1. The van der Waals surface area contributed by atoms with Gasteiger partial charge in [-0.3, -0.25) is 5.32 Å². The second-order valence-electron chi connectivity index (χ2n) is 6.57. The van der Waals surface area contributed by atoms with Gasteiger partial charge in [0.2, 0.25) is 5.95 Å². The zero-order valence-corrected chi connectivity index (χ0v) is 14.2. The first-order valence-corrected chi connectivity index (χ1v) is 7.06. The molecule has 2 N–H and O–H groups in total. The third-order valence-corrected chi connectivity index (χ3v) is 3.12. The van der Waals surface area contributed by atoms with Crippen LogP contribution in [0.2, 0.25) is 0 Å². The van der Waals surface area contributed by atoms with E-state index in [4.69, 9.17) is 4.74 Å². The van der Waals surface area contributed by atoms with E-state index in [9.17, 15) is 14.7 Å². The maximum Gasteiger partial charge on any atom is 0.414 e. The molecule has 1 aromatic rings. The van der Waals surface area contributed by atoms with Gasteiger partial charge in [0, 0.05) is 17.8 Å². The van der Waals surface area contributed by atoms with Crippen molar-refractivity contribution in [3.05, 3.63) is 18.0 Å². The Morgan fingerprint density at radius 1 is 1.17 bits per heavy atom. The summed E-state index contributed by atoms with van der Waals surface area (Å²) in [6, 6.07) is 0. The molecule has 0 fully saturated rings. The minimum atomic E-state index is -1.36. The Balaban J connectivity index is 2.84. The Morgan fingerprint density at radius 3 is 2.13 bits per heavy atom. The number of hydrogen-bond donors (Lipinski definition) is 2. The average molecular weight is 325 g/mol. The Kier molecular flexibility index (Phi) is 5.65. The first-order chi connectivity index (χ1) is 10.5. The van der Waals surface area contributed by atoms with Gasteiger partial charge in [-0.05, 0) is 26.3 Å². The van der Waals surface area contributed by atoms with Crippen LogP contribution < -0.4 is 5.32 Å². The summed E-state index contributed by atoms with van der Waals surface area (Å²) < 4.78 is 9.63. The molecule has 0 radical (unpaired) electrons. The number of nitrogens with one attached hydrogen (secondary N) is 1. The summed E-state index contributed by atoms with van der Waals surface area (Å²) >= 11 is 0. The van der Waals surface area contributed by atoms with Gasteiger partial charge in [0.05, 0.1) is 7.11 Å². The molecule has 1 rings (SSSR count). The molecule has 0 saturated heterocycles. The number of carbonyl (C=O) groups excluding carboxylic acids is 2. The number of methoxy groups -OCH3 is 1. The molecule has 8 heteroatoms. The van der Waals surface area contributed by atoms with Gasteiger partial charge in [-0.25, -0.2) is 19.6 Å². The molecule has 1 amide bonds. The van der Waals surface area contributed by atoms with E-state index >= 15 is 0 Å². The summed E-state index contributed by atoms with van der Waals surface area (Å²) in [5.74, 6) is -0.683. The van der Waals surface area contributed by atoms with Crippen molar-refractivity contribution in [2.75, 3.05) is 12.4 Å². The molecular weight excluding hydrogens is 302 g/mol. The Bertz CT molecular complexity index is 563. The SMILES string of the molecule is COC(=O)C(O)C(C)(C)c1cnc(NC(=O)OC(C)(C)C)nc1. The van der Waals surface area contributed by atoms with Gasteiger partial charge in [0.25, 0.3) is 0 Å². The Morgan fingerprint density at radius 2 is 1.70 bits per heavy atom. The summed E-state index contributed by atoms with van der Waals surface area (Å²) in [6.07, 6.45) is 0.817. The van der Waals surface area contributed by atoms with Crippen molar-refractivity contribution in [1.29, 1.82) is 0 Å². The molecule has 128 valence electrons. The molecular formula is C15H23N3O5. The monoisotopic (exact) mass is 325 g/mol. The van der Waals surface area contributed by atoms with Gasteiger partial charge in [-0.1, -0.05) is 13.8 Å². The first-order valence-electron chi connectivity index (χ1n) is 7.06. The van der Waals surface area contributed by atoms with Crippen LogP contribution in [0.4, 0.5) is 10.7 Å². The molecule has 0 spiro atoms. The number of aliphatic hydroxyl groups is 1. The quantitative estimate of drug-likeness (QED) is 0.809. The van der Waals surface area contributed by atoms with E-state index in [1.165, 1.54) is 19.5 Å². The number of aromatic nitrogens is 2. The minimum Gasteiger partial charge on any atom is -0.467 e. The summed E-state index contributed by atoms with van der Waals surface area (Å²) in [7, 11) is 1.20. The third-order valence-electron chi connectivity index (χ3n) is 3.12. The van der Waals surface area contributed by atoms with Crippen molar-refractivity contribution in [3.63, 3.8) is 0 Å². The maximum atomic E-state index is 11.6. The molecule has 1 atom stereocenters. The highest BCUT2D eigenvalue weighted by molar-refractivity contribution is 5.82. The number of carbonyl (C=O) groups is 2. The molecule has 1 aromatic heterocycles. The number of amides is 1. The van der Waals surface area contributed by atoms with E-state index < -0.39 is 29.2 Å². The largest absolute Gasteiger partial charge is 0.467 e. The highest BCUT2D eigenvalue weighted by atomic mass is 16.6. The maximum absolute atomic E-state index is 11.6. The van der Waals surface area contributed by atoms with Crippen molar-refractivity contribution in [2.45, 2.75) is 51.7 Å².